The summed E-state index contributed by atoms with van der Waals surface area (Å²) in [4.78, 5) is 42.3. The smallest absolute Gasteiger partial charge is 0.394 e. The Morgan fingerprint density at radius 2 is 2.20 bits per heavy atom. The van der Waals surface area contributed by atoms with Gasteiger partial charge < -0.3 is 19.6 Å². The summed E-state index contributed by atoms with van der Waals surface area (Å²) in [7, 11) is -4.78. The number of aliphatic hydroxyl groups is 1. The number of ether oxygens (including phenoxy) is 1. The third-order valence-electron chi connectivity index (χ3n) is 2.75. The van der Waals surface area contributed by atoms with Crippen LogP contribution in [0.15, 0.2) is 21.9 Å². The Kier molecular flexibility index (Phi) is 4.23. The topological polar surface area (TPSA) is 151 Å². The number of aromatic nitrogens is 2. The minimum Gasteiger partial charge on any atom is -0.394 e. The number of phosphoric acid groups is 1. The van der Waals surface area contributed by atoms with Gasteiger partial charge in [-0.25, -0.2) is 9.36 Å². The van der Waals surface area contributed by atoms with Crippen molar-refractivity contribution in [2.24, 2.45) is 0 Å². The first-order chi connectivity index (χ1) is 9.30. The standard InChI is InChI=1S/C9H13N2O8P/c12-4-5-3-6(19-20(15,16)17)8(18-5)11-2-1-7(13)10-9(11)14/h1-2,5-6,8,12H,3-4H2,(H,10,13,14)(H2,15,16,17)/t5-,6+,8+/m0/s1. The molecule has 1 aliphatic rings. The Balaban J connectivity index is 2.33. The summed E-state index contributed by atoms with van der Waals surface area (Å²) < 4.78 is 21.7. The van der Waals surface area contributed by atoms with E-state index in [1.54, 1.807) is 0 Å². The largest absolute Gasteiger partial charge is 0.470 e. The molecule has 20 heavy (non-hydrogen) atoms. The molecule has 1 aromatic heterocycles. The number of hydrogen-bond acceptors (Lipinski definition) is 6. The Hall–Kier alpha value is -1.29. The maximum absolute atomic E-state index is 11.6. The third-order valence-corrected chi connectivity index (χ3v) is 3.29. The normalized spacial score (nSPS) is 26.9. The molecule has 0 aromatic carbocycles. The minimum atomic E-state index is -4.78. The lowest BCUT2D eigenvalue weighted by Crippen LogP contribution is -2.35. The Labute approximate surface area is 111 Å². The highest BCUT2D eigenvalue weighted by atomic mass is 31.2. The van der Waals surface area contributed by atoms with Crippen LogP contribution < -0.4 is 11.2 Å². The maximum atomic E-state index is 11.6. The van der Waals surface area contributed by atoms with Crippen molar-refractivity contribution >= 4 is 7.82 Å². The lowest BCUT2D eigenvalue weighted by atomic mass is 10.2. The van der Waals surface area contributed by atoms with E-state index >= 15 is 0 Å². The van der Waals surface area contributed by atoms with Crippen LogP contribution in [0.3, 0.4) is 0 Å². The summed E-state index contributed by atoms with van der Waals surface area (Å²) in [6.07, 6.45) is -1.88. The van der Waals surface area contributed by atoms with E-state index in [0.29, 0.717) is 0 Å². The first-order valence-corrected chi connectivity index (χ1v) is 7.15. The van der Waals surface area contributed by atoms with Crippen molar-refractivity contribution in [3.05, 3.63) is 33.1 Å². The minimum absolute atomic E-state index is 0.00214. The summed E-state index contributed by atoms with van der Waals surface area (Å²) in [5, 5.41) is 9.04. The molecular weight excluding hydrogens is 295 g/mol. The van der Waals surface area contributed by atoms with Crippen LogP contribution >= 0.6 is 7.82 Å². The summed E-state index contributed by atoms with van der Waals surface area (Å²) in [5.41, 5.74) is -1.42. The molecule has 0 bridgehead atoms. The van der Waals surface area contributed by atoms with Crippen LogP contribution in [0.2, 0.25) is 0 Å². The summed E-state index contributed by atoms with van der Waals surface area (Å²) in [5.74, 6) is 0. The molecule has 0 radical (unpaired) electrons. The third kappa shape index (κ3) is 3.42. The monoisotopic (exact) mass is 308 g/mol. The lowest BCUT2D eigenvalue weighted by Gasteiger charge is -2.20. The zero-order valence-corrected chi connectivity index (χ0v) is 11.0. The number of aromatic amines is 1. The number of rotatable bonds is 4. The Morgan fingerprint density at radius 3 is 2.75 bits per heavy atom. The zero-order valence-electron chi connectivity index (χ0n) is 10.1. The summed E-state index contributed by atoms with van der Waals surface area (Å²) >= 11 is 0. The van der Waals surface area contributed by atoms with E-state index in [2.05, 4.69) is 4.52 Å². The van der Waals surface area contributed by atoms with E-state index in [1.807, 2.05) is 4.98 Å². The number of aliphatic hydroxyl groups excluding tert-OH is 1. The molecule has 0 aliphatic carbocycles. The fraction of sp³-hybridized carbons (Fsp3) is 0.556. The molecule has 1 saturated heterocycles. The van der Waals surface area contributed by atoms with Crippen molar-refractivity contribution < 1.29 is 28.7 Å². The first kappa shape index (κ1) is 15.1. The van der Waals surface area contributed by atoms with Gasteiger partial charge >= 0.3 is 13.5 Å². The number of phosphoric ester groups is 1. The number of H-pyrrole nitrogens is 1. The quantitative estimate of drug-likeness (QED) is 0.480. The zero-order chi connectivity index (χ0) is 14.9. The van der Waals surface area contributed by atoms with Crippen LogP contribution in [0.4, 0.5) is 0 Å². The van der Waals surface area contributed by atoms with Gasteiger partial charge in [-0.15, -0.1) is 0 Å². The van der Waals surface area contributed by atoms with Crippen molar-refractivity contribution in [1.82, 2.24) is 9.55 Å². The average Bonchev–Trinajstić information content (AvgIpc) is 2.70. The number of nitrogens with one attached hydrogen (secondary N) is 1. The first-order valence-electron chi connectivity index (χ1n) is 5.62. The van der Waals surface area contributed by atoms with Gasteiger partial charge in [-0.2, -0.15) is 0 Å². The molecule has 0 amide bonds. The molecule has 0 spiro atoms. The van der Waals surface area contributed by atoms with Gasteiger partial charge in [0.25, 0.3) is 5.56 Å². The second-order valence-electron chi connectivity index (χ2n) is 4.22. The lowest BCUT2D eigenvalue weighted by molar-refractivity contribution is -0.0520. The molecule has 2 rings (SSSR count). The second-order valence-corrected chi connectivity index (χ2v) is 5.41. The van der Waals surface area contributed by atoms with Gasteiger partial charge in [0.15, 0.2) is 6.23 Å². The predicted molar refractivity (Wildman–Crippen MR) is 63.9 cm³/mol. The van der Waals surface area contributed by atoms with Crippen LogP contribution in [0.5, 0.6) is 0 Å². The van der Waals surface area contributed by atoms with Gasteiger partial charge in [-0.1, -0.05) is 0 Å². The average molecular weight is 308 g/mol. The fourth-order valence-electron chi connectivity index (χ4n) is 1.98. The molecule has 112 valence electrons. The van der Waals surface area contributed by atoms with Crippen LogP contribution in [0.25, 0.3) is 0 Å². The molecule has 4 N–H and O–H groups in total. The van der Waals surface area contributed by atoms with Crippen molar-refractivity contribution in [1.29, 1.82) is 0 Å². The Morgan fingerprint density at radius 1 is 1.50 bits per heavy atom. The van der Waals surface area contributed by atoms with Gasteiger partial charge in [0.05, 0.1) is 12.7 Å². The molecule has 0 unspecified atom stereocenters. The highest BCUT2D eigenvalue weighted by molar-refractivity contribution is 7.46. The Bertz CT molecular complexity index is 633. The molecule has 1 aliphatic heterocycles. The van der Waals surface area contributed by atoms with Crippen molar-refractivity contribution in [2.75, 3.05) is 6.61 Å². The van der Waals surface area contributed by atoms with Crippen LogP contribution in [0.1, 0.15) is 12.6 Å². The molecule has 10 nitrogen and oxygen atoms in total. The van der Waals surface area contributed by atoms with E-state index < -0.39 is 44.1 Å². The van der Waals surface area contributed by atoms with E-state index in [1.165, 1.54) is 0 Å². The number of nitrogens with zero attached hydrogens (tertiary/aromatic N) is 1. The molecule has 1 aromatic rings. The molecular formula is C9H13N2O8P. The van der Waals surface area contributed by atoms with Crippen LogP contribution in [-0.2, 0) is 13.8 Å². The number of hydrogen-bond donors (Lipinski definition) is 4. The highest BCUT2D eigenvalue weighted by Crippen LogP contribution is 2.44. The molecule has 3 atom stereocenters. The molecule has 1 fully saturated rings. The van der Waals surface area contributed by atoms with E-state index in [9.17, 15) is 14.2 Å². The predicted octanol–water partition coefficient (Wildman–Crippen LogP) is -1.71. The van der Waals surface area contributed by atoms with Crippen LogP contribution in [-0.4, -0.2) is 43.3 Å². The van der Waals surface area contributed by atoms with Crippen molar-refractivity contribution in [2.45, 2.75) is 24.9 Å². The molecule has 11 heteroatoms. The van der Waals surface area contributed by atoms with E-state index in [-0.39, 0.29) is 6.42 Å². The second kappa shape index (κ2) is 5.60. The summed E-state index contributed by atoms with van der Waals surface area (Å²) in [6.45, 7) is -0.393. The fourth-order valence-corrected chi connectivity index (χ4v) is 2.52. The molecule has 2 heterocycles. The van der Waals surface area contributed by atoms with Gasteiger partial charge in [0.1, 0.15) is 6.10 Å². The van der Waals surface area contributed by atoms with E-state index in [0.717, 1.165) is 16.8 Å². The SMILES string of the molecule is O=c1ccn([C@@H]2O[C@H](CO)C[C@H]2OP(=O)(O)O)c(=O)[nH]1. The van der Waals surface area contributed by atoms with Crippen LogP contribution in [0, 0.1) is 0 Å². The van der Waals surface area contributed by atoms with Gasteiger partial charge in [0.2, 0.25) is 0 Å². The van der Waals surface area contributed by atoms with Gasteiger partial charge in [0, 0.05) is 18.7 Å². The van der Waals surface area contributed by atoms with Crippen molar-refractivity contribution in [3.8, 4) is 0 Å². The van der Waals surface area contributed by atoms with Crippen molar-refractivity contribution in [3.63, 3.8) is 0 Å². The van der Waals surface area contributed by atoms with Gasteiger partial charge in [-0.05, 0) is 0 Å². The van der Waals surface area contributed by atoms with E-state index in [4.69, 9.17) is 19.6 Å². The van der Waals surface area contributed by atoms with Gasteiger partial charge in [-0.3, -0.25) is 18.9 Å². The maximum Gasteiger partial charge on any atom is 0.470 e. The summed E-state index contributed by atoms with van der Waals surface area (Å²) in [6, 6.07) is 1.06. The molecule has 0 saturated carbocycles. The highest BCUT2D eigenvalue weighted by Gasteiger charge is 2.41.